The molecule has 0 fully saturated rings. The Kier molecular flexibility index (Phi) is 7.79. The van der Waals surface area contributed by atoms with E-state index in [2.05, 4.69) is 15.4 Å². The third-order valence-electron chi connectivity index (χ3n) is 3.46. The Balaban J connectivity index is 0.00000220. The molecule has 0 bridgehead atoms. The lowest BCUT2D eigenvalue weighted by atomic mass is 10.1. The van der Waals surface area contributed by atoms with Crippen LogP contribution >= 0.6 is 24.8 Å². The fourth-order valence-corrected chi connectivity index (χ4v) is 2.23. The third kappa shape index (κ3) is 3.88. The Morgan fingerprint density at radius 1 is 1.32 bits per heavy atom. The number of nitrogens with zero attached hydrogens (tertiary/aromatic N) is 4. The molecule has 0 unspecified atom stereocenters. The van der Waals surface area contributed by atoms with E-state index in [1.165, 1.54) is 0 Å². The predicted molar refractivity (Wildman–Crippen MR) is 93.4 cm³/mol. The van der Waals surface area contributed by atoms with Crippen LogP contribution in [0.25, 0.3) is 11.0 Å². The van der Waals surface area contributed by atoms with Gasteiger partial charge in [0.1, 0.15) is 0 Å². The van der Waals surface area contributed by atoms with Gasteiger partial charge in [-0.1, -0.05) is 0 Å². The second kappa shape index (κ2) is 8.31. The molecule has 2 heterocycles. The van der Waals surface area contributed by atoms with Crippen molar-refractivity contribution in [2.45, 2.75) is 13.8 Å². The maximum atomic E-state index is 12.5. The average Bonchev–Trinajstić information content (AvgIpc) is 2.69. The summed E-state index contributed by atoms with van der Waals surface area (Å²) < 4.78 is 1.75. The van der Waals surface area contributed by atoms with Gasteiger partial charge in [-0.15, -0.1) is 24.8 Å². The van der Waals surface area contributed by atoms with E-state index in [0.29, 0.717) is 12.1 Å². The van der Waals surface area contributed by atoms with Crippen molar-refractivity contribution in [3.63, 3.8) is 0 Å². The molecule has 1 N–H and O–H groups in total. The second-order valence-corrected chi connectivity index (χ2v) is 5.03. The first-order valence-corrected chi connectivity index (χ1v) is 6.66. The van der Waals surface area contributed by atoms with Crippen molar-refractivity contribution in [3.8, 4) is 0 Å². The van der Waals surface area contributed by atoms with Gasteiger partial charge in [-0.2, -0.15) is 5.10 Å². The number of carbonyl (C=O) groups excluding carboxylic acids is 1. The van der Waals surface area contributed by atoms with Crippen LogP contribution in [-0.4, -0.2) is 52.8 Å². The van der Waals surface area contributed by atoms with Gasteiger partial charge in [0.15, 0.2) is 5.65 Å². The molecule has 22 heavy (non-hydrogen) atoms. The van der Waals surface area contributed by atoms with Gasteiger partial charge in [0, 0.05) is 32.6 Å². The number of amides is 1. The first-order valence-electron chi connectivity index (χ1n) is 6.66. The number of pyridine rings is 1. The normalized spacial score (nSPS) is 10.0. The summed E-state index contributed by atoms with van der Waals surface area (Å²) in [5.74, 6) is -0.00426. The van der Waals surface area contributed by atoms with E-state index in [-0.39, 0.29) is 30.7 Å². The van der Waals surface area contributed by atoms with Crippen LogP contribution in [0.2, 0.25) is 0 Å². The van der Waals surface area contributed by atoms with Gasteiger partial charge < -0.3 is 10.2 Å². The molecule has 0 atom stereocenters. The minimum atomic E-state index is -0.00426. The maximum Gasteiger partial charge on any atom is 0.255 e. The Labute approximate surface area is 143 Å². The fraction of sp³-hybridized carbons (Fsp3) is 0.500. The highest BCUT2D eigenvalue weighted by molar-refractivity contribution is 5.98. The van der Waals surface area contributed by atoms with E-state index in [1.807, 2.05) is 34.0 Å². The summed E-state index contributed by atoms with van der Waals surface area (Å²) in [5, 5.41) is 8.32. The molecule has 0 saturated heterocycles. The summed E-state index contributed by atoms with van der Waals surface area (Å²) in [4.78, 5) is 18.7. The minimum Gasteiger partial charge on any atom is -0.340 e. The summed E-state index contributed by atoms with van der Waals surface area (Å²) in [5.41, 5.74) is 3.09. The molecule has 6 nitrogen and oxygen atoms in total. The van der Waals surface area contributed by atoms with Crippen molar-refractivity contribution in [1.29, 1.82) is 0 Å². The number of likely N-dealkylation sites (N-methyl/N-ethyl adjacent to an activating group) is 2. The highest BCUT2D eigenvalue weighted by Gasteiger charge is 2.18. The molecule has 0 radical (unpaired) electrons. The Hall–Kier alpha value is -1.37. The maximum absolute atomic E-state index is 12.5. The van der Waals surface area contributed by atoms with Crippen LogP contribution in [0.15, 0.2) is 6.07 Å². The first kappa shape index (κ1) is 20.6. The number of carbonyl (C=O) groups is 1. The smallest absolute Gasteiger partial charge is 0.255 e. The van der Waals surface area contributed by atoms with E-state index in [9.17, 15) is 4.79 Å². The van der Waals surface area contributed by atoms with Crippen molar-refractivity contribution in [1.82, 2.24) is 25.0 Å². The highest BCUT2D eigenvalue weighted by Crippen LogP contribution is 2.20. The van der Waals surface area contributed by atoms with Crippen LogP contribution < -0.4 is 5.32 Å². The number of aryl methyl sites for hydroxylation is 3. The molecule has 0 aliphatic carbocycles. The standard InChI is InChI=1S/C14H21N5O.2ClH/c1-9-12(14(20)18(4)7-6-15-3)8-11-10(2)17-19(5)13(11)16-9;;/h8,15H,6-7H2,1-5H3;2*1H. The lowest BCUT2D eigenvalue weighted by Crippen LogP contribution is -2.33. The number of nitrogens with one attached hydrogen (secondary N) is 1. The first-order chi connectivity index (χ1) is 9.45. The molecule has 0 aliphatic rings. The number of hydrogen-bond donors (Lipinski definition) is 1. The largest absolute Gasteiger partial charge is 0.340 e. The van der Waals surface area contributed by atoms with E-state index in [1.54, 1.807) is 16.6 Å². The fourth-order valence-electron chi connectivity index (χ4n) is 2.23. The van der Waals surface area contributed by atoms with E-state index in [4.69, 9.17) is 0 Å². The highest BCUT2D eigenvalue weighted by atomic mass is 35.5. The van der Waals surface area contributed by atoms with E-state index >= 15 is 0 Å². The molecule has 0 aliphatic heterocycles. The summed E-state index contributed by atoms with van der Waals surface area (Å²) in [6, 6.07) is 1.90. The number of hydrogen-bond acceptors (Lipinski definition) is 4. The zero-order chi connectivity index (χ0) is 14.9. The summed E-state index contributed by atoms with van der Waals surface area (Å²) >= 11 is 0. The molecule has 1 amide bonds. The number of aromatic nitrogens is 3. The summed E-state index contributed by atoms with van der Waals surface area (Å²) in [7, 11) is 5.54. The zero-order valence-electron chi connectivity index (χ0n) is 13.5. The zero-order valence-corrected chi connectivity index (χ0v) is 15.1. The van der Waals surface area contributed by atoms with Crippen molar-refractivity contribution >= 4 is 41.8 Å². The molecule has 2 aromatic heterocycles. The topological polar surface area (TPSA) is 63.1 Å². The van der Waals surface area contributed by atoms with E-state index in [0.717, 1.165) is 29.0 Å². The molecular formula is C14H23Cl2N5O. The Morgan fingerprint density at radius 2 is 1.95 bits per heavy atom. The van der Waals surface area contributed by atoms with Crippen molar-refractivity contribution in [2.75, 3.05) is 27.2 Å². The lowest BCUT2D eigenvalue weighted by Gasteiger charge is -2.18. The van der Waals surface area contributed by atoms with Crippen LogP contribution in [-0.2, 0) is 7.05 Å². The van der Waals surface area contributed by atoms with Crippen LogP contribution in [0, 0.1) is 13.8 Å². The average molecular weight is 348 g/mol. The van der Waals surface area contributed by atoms with Gasteiger partial charge in [0.05, 0.1) is 17.0 Å². The predicted octanol–water partition coefficient (Wildman–Crippen LogP) is 1.72. The summed E-state index contributed by atoms with van der Waals surface area (Å²) in [6.45, 7) is 5.22. The van der Waals surface area contributed by atoms with Gasteiger partial charge >= 0.3 is 0 Å². The second-order valence-electron chi connectivity index (χ2n) is 5.03. The van der Waals surface area contributed by atoms with Crippen LogP contribution in [0.5, 0.6) is 0 Å². The number of fused-ring (bicyclic) bond motifs is 1. The van der Waals surface area contributed by atoms with Gasteiger partial charge in [0.25, 0.3) is 5.91 Å². The molecule has 124 valence electrons. The van der Waals surface area contributed by atoms with Crippen LogP contribution in [0.3, 0.4) is 0 Å². The van der Waals surface area contributed by atoms with E-state index < -0.39 is 0 Å². The van der Waals surface area contributed by atoms with Gasteiger partial charge in [-0.25, -0.2) is 4.98 Å². The quantitative estimate of drug-likeness (QED) is 0.914. The summed E-state index contributed by atoms with van der Waals surface area (Å²) in [6.07, 6.45) is 0. The van der Waals surface area contributed by atoms with Crippen LogP contribution in [0.4, 0.5) is 0 Å². The molecule has 2 aromatic rings. The minimum absolute atomic E-state index is 0. The number of halogens is 2. The van der Waals surface area contributed by atoms with Crippen molar-refractivity contribution < 1.29 is 4.79 Å². The Morgan fingerprint density at radius 3 is 2.55 bits per heavy atom. The SMILES string of the molecule is CNCCN(C)C(=O)c1cc2c(C)nn(C)c2nc1C.Cl.Cl. The van der Waals surface area contributed by atoms with Gasteiger partial charge in [-0.3, -0.25) is 9.48 Å². The Bertz CT molecular complexity index is 656. The molecule has 8 heteroatoms. The lowest BCUT2D eigenvalue weighted by molar-refractivity contribution is 0.0796. The molecule has 0 aromatic carbocycles. The monoisotopic (exact) mass is 347 g/mol. The molecule has 0 saturated carbocycles. The van der Waals surface area contributed by atoms with Crippen molar-refractivity contribution in [3.05, 3.63) is 23.0 Å². The van der Waals surface area contributed by atoms with Gasteiger partial charge in [-0.05, 0) is 27.0 Å². The third-order valence-corrected chi connectivity index (χ3v) is 3.46. The van der Waals surface area contributed by atoms with Gasteiger partial charge in [0.2, 0.25) is 0 Å². The molecule has 0 spiro atoms. The number of rotatable bonds is 4. The van der Waals surface area contributed by atoms with Crippen molar-refractivity contribution in [2.24, 2.45) is 7.05 Å². The molecular weight excluding hydrogens is 325 g/mol. The molecule has 2 rings (SSSR count). The van der Waals surface area contributed by atoms with Crippen LogP contribution in [0.1, 0.15) is 21.7 Å².